The second kappa shape index (κ2) is 13.3. The van der Waals surface area contributed by atoms with E-state index in [1.807, 2.05) is 72.8 Å². The maximum Gasteiger partial charge on any atom is 0.488 e. The quantitative estimate of drug-likeness (QED) is 0.144. The summed E-state index contributed by atoms with van der Waals surface area (Å²) < 4.78 is 6.10. The zero-order valence-electron chi connectivity index (χ0n) is 28.2. The highest BCUT2D eigenvalue weighted by Gasteiger charge is 2.66. The van der Waals surface area contributed by atoms with Crippen LogP contribution in [0.25, 0.3) is 5.57 Å². The van der Waals surface area contributed by atoms with E-state index in [1.165, 1.54) is 18.2 Å². The number of ether oxygens (including phenoxy) is 1. The number of ketones is 2. The van der Waals surface area contributed by atoms with Crippen LogP contribution in [0.2, 0.25) is 0 Å². The molecule has 2 fully saturated rings. The monoisotopic (exact) mass is 693 g/mol. The van der Waals surface area contributed by atoms with Crippen LogP contribution >= 0.6 is 0 Å². The molecule has 0 spiro atoms. The summed E-state index contributed by atoms with van der Waals surface area (Å²) in [6.45, 7) is -0.227. The minimum absolute atomic E-state index is 0.00710. The highest BCUT2D eigenvalue weighted by atomic mass is 16.5. The van der Waals surface area contributed by atoms with Crippen molar-refractivity contribution in [3.8, 4) is 5.75 Å². The third kappa shape index (κ3) is 5.12. The fraction of sp³-hybridized carbons (Fsp3) is 0.238. The van der Waals surface area contributed by atoms with E-state index < -0.39 is 53.9 Å². The average molecular weight is 694 g/mol. The SMILES string of the molecule is O=C1C(c2ccccc2)=CC(=O)[C@@]2(c3ccccc3)[C@@H](c3ccccc3OCCO)C3=CC[C@@H]4C(=O)N(c5cccc(B(O)O)c5)C(=O)[C@@H]4[C@@H]3C[C@@H]12. The van der Waals surface area contributed by atoms with Crippen LogP contribution in [-0.4, -0.2) is 58.9 Å². The average Bonchev–Trinajstić information content (AvgIpc) is 3.44. The van der Waals surface area contributed by atoms with Gasteiger partial charge in [-0.05, 0) is 59.6 Å². The molecule has 3 aliphatic carbocycles. The first-order valence-corrected chi connectivity index (χ1v) is 17.5. The number of nitrogens with zero attached hydrogens (tertiary/aromatic N) is 1. The van der Waals surface area contributed by atoms with E-state index in [-0.39, 0.29) is 48.8 Å². The summed E-state index contributed by atoms with van der Waals surface area (Å²) in [5.74, 6) is -4.63. The van der Waals surface area contributed by atoms with Crippen molar-refractivity contribution in [2.75, 3.05) is 18.1 Å². The van der Waals surface area contributed by atoms with Gasteiger partial charge in [0.2, 0.25) is 11.8 Å². The Hall–Kier alpha value is -5.42. The first-order valence-electron chi connectivity index (χ1n) is 17.5. The van der Waals surface area contributed by atoms with Gasteiger partial charge in [0.15, 0.2) is 11.6 Å². The van der Waals surface area contributed by atoms with Gasteiger partial charge in [-0.25, -0.2) is 0 Å². The van der Waals surface area contributed by atoms with Crippen LogP contribution in [-0.2, 0) is 24.6 Å². The van der Waals surface area contributed by atoms with Crippen LogP contribution in [0, 0.1) is 23.7 Å². The molecule has 8 rings (SSSR count). The Bertz CT molecular complexity index is 2150. The number of hydrogen-bond donors (Lipinski definition) is 3. The van der Waals surface area contributed by atoms with Gasteiger partial charge >= 0.3 is 7.12 Å². The lowest BCUT2D eigenvalue weighted by Crippen LogP contribution is -2.58. The van der Waals surface area contributed by atoms with Crippen molar-refractivity contribution in [1.29, 1.82) is 0 Å². The van der Waals surface area contributed by atoms with E-state index >= 15 is 9.59 Å². The fourth-order valence-corrected chi connectivity index (χ4v) is 9.30. The van der Waals surface area contributed by atoms with Gasteiger partial charge in [0.05, 0.1) is 29.5 Å². The molecular formula is C42H36BNO8. The number of imide groups is 1. The van der Waals surface area contributed by atoms with Crippen molar-refractivity contribution < 1.29 is 39.1 Å². The lowest BCUT2D eigenvalue weighted by atomic mass is 9.44. The summed E-state index contributed by atoms with van der Waals surface area (Å²) in [6, 6.07) is 31.8. The van der Waals surface area contributed by atoms with Crippen molar-refractivity contribution in [3.05, 3.63) is 144 Å². The molecule has 4 aliphatic rings. The molecule has 9 nitrogen and oxygen atoms in total. The Labute approximate surface area is 301 Å². The van der Waals surface area contributed by atoms with Gasteiger partial charge in [-0.15, -0.1) is 0 Å². The number of aliphatic hydroxyl groups is 1. The Morgan fingerprint density at radius 1 is 0.808 bits per heavy atom. The summed E-state index contributed by atoms with van der Waals surface area (Å²) in [5, 5.41) is 29.4. The van der Waals surface area contributed by atoms with Crippen molar-refractivity contribution in [1.82, 2.24) is 0 Å². The van der Waals surface area contributed by atoms with Crippen molar-refractivity contribution in [2.45, 2.75) is 24.2 Å². The molecule has 3 N–H and O–H groups in total. The van der Waals surface area contributed by atoms with Gasteiger partial charge in [0.25, 0.3) is 0 Å². The molecule has 4 aromatic rings. The molecule has 0 bridgehead atoms. The summed E-state index contributed by atoms with van der Waals surface area (Å²) in [6.07, 6.45) is 3.84. The molecule has 1 aliphatic heterocycles. The Morgan fingerprint density at radius 2 is 1.52 bits per heavy atom. The summed E-state index contributed by atoms with van der Waals surface area (Å²) >= 11 is 0. The molecule has 6 atom stereocenters. The fourth-order valence-electron chi connectivity index (χ4n) is 9.30. The number of carbonyl (C=O) groups is 4. The van der Waals surface area contributed by atoms with Crippen molar-refractivity contribution in [3.63, 3.8) is 0 Å². The minimum atomic E-state index is -1.79. The van der Waals surface area contributed by atoms with Crippen LogP contribution in [0.1, 0.15) is 35.4 Å². The summed E-state index contributed by atoms with van der Waals surface area (Å²) in [4.78, 5) is 60.2. The largest absolute Gasteiger partial charge is 0.491 e. The molecule has 1 saturated heterocycles. The van der Waals surface area contributed by atoms with Crippen LogP contribution in [0.15, 0.2) is 127 Å². The second-order valence-corrected chi connectivity index (χ2v) is 13.9. The summed E-state index contributed by atoms with van der Waals surface area (Å²) in [5.41, 5.74) is 2.00. The topological polar surface area (TPSA) is 141 Å². The highest BCUT2D eigenvalue weighted by Crippen LogP contribution is 2.64. The van der Waals surface area contributed by atoms with Crippen LogP contribution in [0.3, 0.4) is 0 Å². The van der Waals surface area contributed by atoms with Gasteiger partial charge < -0.3 is 19.9 Å². The predicted octanol–water partition coefficient (Wildman–Crippen LogP) is 3.77. The third-order valence-corrected chi connectivity index (χ3v) is 11.4. The first-order chi connectivity index (χ1) is 25.3. The minimum Gasteiger partial charge on any atom is -0.491 e. The molecule has 260 valence electrons. The van der Waals surface area contributed by atoms with Gasteiger partial charge in [-0.1, -0.05) is 103 Å². The zero-order valence-corrected chi connectivity index (χ0v) is 28.2. The van der Waals surface area contributed by atoms with E-state index in [1.54, 1.807) is 30.3 Å². The number of anilines is 1. The maximum atomic E-state index is 15.2. The maximum absolute atomic E-state index is 15.2. The molecule has 2 amide bonds. The van der Waals surface area contributed by atoms with Gasteiger partial charge in [-0.2, -0.15) is 0 Å². The Balaban J connectivity index is 1.35. The smallest absolute Gasteiger partial charge is 0.488 e. The summed E-state index contributed by atoms with van der Waals surface area (Å²) in [7, 11) is -1.79. The number of benzene rings is 4. The van der Waals surface area contributed by atoms with Gasteiger partial charge in [-0.3, -0.25) is 24.1 Å². The van der Waals surface area contributed by atoms with Crippen LogP contribution in [0.5, 0.6) is 5.75 Å². The second-order valence-electron chi connectivity index (χ2n) is 13.9. The number of para-hydroxylation sites is 1. The molecule has 1 saturated carbocycles. The number of Topliss-reactive ketones (excluding diaryl/α,β-unsaturated/α-hetero) is 1. The lowest BCUT2D eigenvalue weighted by molar-refractivity contribution is -0.135. The number of rotatable bonds is 8. The highest BCUT2D eigenvalue weighted by molar-refractivity contribution is 6.58. The van der Waals surface area contributed by atoms with E-state index in [0.29, 0.717) is 28.0 Å². The van der Waals surface area contributed by atoms with E-state index in [9.17, 15) is 24.7 Å². The molecule has 0 unspecified atom stereocenters. The molecule has 52 heavy (non-hydrogen) atoms. The number of hydrogen-bond acceptors (Lipinski definition) is 8. The number of carbonyl (C=O) groups excluding carboxylic acids is 4. The molecular weight excluding hydrogens is 657 g/mol. The number of amides is 2. The van der Waals surface area contributed by atoms with Crippen LogP contribution in [0.4, 0.5) is 5.69 Å². The van der Waals surface area contributed by atoms with Crippen molar-refractivity contribution >= 4 is 47.2 Å². The van der Waals surface area contributed by atoms with Gasteiger partial charge in [0, 0.05) is 23.0 Å². The first kappa shape index (κ1) is 33.7. The van der Waals surface area contributed by atoms with Crippen molar-refractivity contribution in [2.24, 2.45) is 23.7 Å². The Morgan fingerprint density at radius 3 is 2.25 bits per heavy atom. The number of allylic oxidation sites excluding steroid dienone is 4. The van der Waals surface area contributed by atoms with E-state index in [4.69, 9.17) is 4.74 Å². The number of aliphatic hydroxyl groups excluding tert-OH is 1. The molecule has 4 aromatic carbocycles. The van der Waals surface area contributed by atoms with Gasteiger partial charge in [0.1, 0.15) is 12.4 Å². The normalized spacial score (nSPS) is 26.6. The number of fused-ring (bicyclic) bond motifs is 4. The van der Waals surface area contributed by atoms with E-state index in [2.05, 4.69) is 0 Å². The van der Waals surface area contributed by atoms with Crippen LogP contribution < -0.4 is 15.1 Å². The third-order valence-electron chi connectivity index (χ3n) is 11.4. The predicted molar refractivity (Wildman–Crippen MR) is 194 cm³/mol. The molecule has 0 radical (unpaired) electrons. The zero-order chi connectivity index (χ0) is 36.1. The standard InChI is InChI=1S/C42H36BNO8/c45-20-21-52-35-17-8-7-16-30(35)38-29-18-19-31-37(41(49)44(40(31)48)28-15-9-14-27(22-28)43(50)51)33(29)23-34-39(47)32(25-10-3-1-4-11-25)24-36(46)42(34,38)26-12-5-2-6-13-26/h1-18,22,24,31,33-34,37-38,45,50-51H,19-21,23H2/t31-,33+,34-,37-,38+,42-/m0/s1. The molecule has 10 heteroatoms. The van der Waals surface area contributed by atoms with E-state index in [0.717, 1.165) is 10.5 Å². The Kier molecular flexibility index (Phi) is 8.61. The molecule has 0 aromatic heterocycles. The molecule has 1 heterocycles. The lowest BCUT2D eigenvalue weighted by Gasteiger charge is -2.55.